The molecule has 0 unspecified atom stereocenters. The zero-order chi connectivity index (χ0) is 18.4. The number of rotatable bonds is 7. The zero-order valence-electron chi connectivity index (χ0n) is 15.1. The number of nitrogens with zero attached hydrogens (tertiary/aromatic N) is 1. The van der Waals surface area contributed by atoms with Crippen LogP contribution in [0.25, 0.3) is 10.8 Å². The highest BCUT2D eigenvalue weighted by molar-refractivity contribution is 5.86. The molecule has 134 valence electrons. The minimum absolute atomic E-state index is 0.0312. The van der Waals surface area contributed by atoms with Gasteiger partial charge in [-0.05, 0) is 34.0 Å². The lowest BCUT2D eigenvalue weighted by atomic mass is 10.0. The number of methoxy groups -OCH3 is 2. The summed E-state index contributed by atoms with van der Waals surface area (Å²) in [4.78, 5) is 14.4. The van der Waals surface area contributed by atoms with E-state index in [0.29, 0.717) is 13.1 Å². The van der Waals surface area contributed by atoms with E-state index < -0.39 is 0 Å². The molecule has 1 amide bonds. The van der Waals surface area contributed by atoms with Crippen LogP contribution in [0.2, 0.25) is 0 Å². The standard InChI is InChI=1S/C22H23NO3/c1-25-16-22(24)23(14-17-10-12-20(26-2)13-11-17)15-19-8-5-7-18-6-3-4-9-21(18)19/h3-13H,14-16H2,1-2H3. The first kappa shape index (κ1) is 18.0. The van der Waals surface area contributed by atoms with Crippen molar-refractivity contribution in [1.29, 1.82) is 0 Å². The molecule has 0 aromatic heterocycles. The van der Waals surface area contributed by atoms with Crippen LogP contribution in [0.5, 0.6) is 5.75 Å². The second-order valence-electron chi connectivity index (χ2n) is 6.17. The number of amides is 1. The summed E-state index contributed by atoms with van der Waals surface area (Å²) in [5.74, 6) is 0.772. The van der Waals surface area contributed by atoms with Gasteiger partial charge in [-0.1, -0.05) is 54.6 Å². The van der Waals surface area contributed by atoms with Crippen molar-refractivity contribution in [3.05, 3.63) is 77.9 Å². The lowest BCUT2D eigenvalue weighted by Gasteiger charge is -2.23. The van der Waals surface area contributed by atoms with Crippen molar-refractivity contribution in [3.63, 3.8) is 0 Å². The smallest absolute Gasteiger partial charge is 0.249 e. The molecule has 0 fully saturated rings. The van der Waals surface area contributed by atoms with Crippen LogP contribution < -0.4 is 4.74 Å². The highest BCUT2D eigenvalue weighted by Gasteiger charge is 2.15. The van der Waals surface area contributed by atoms with E-state index in [4.69, 9.17) is 9.47 Å². The van der Waals surface area contributed by atoms with Crippen LogP contribution in [0, 0.1) is 0 Å². The van der Waals surface area contributed by atoms with E-state index >= 15 is 0 Å². The van der Waals surface area contributed by atoms with Gasteiger partial charge in [-0.3, -0.25) is 4.79 Å². The summed E-state index contributed by atoms with van der Waals surface area (Å²) in [6.07, 6.45) is 0. The Morgan fingerprint density at radius 2 is 1.62 bits per heavy atom. The molecule has 0 aliphatic heterocycles. The predicted octanol–water partition coefficient (Wildman–Crippen LogP) is 4.02. The molecular formula is C22H23NO3. The van der Waals surface area contributed by atoms with Gasteiger partial charge >= 0.3 is 0 Å². The molecule has 0 atom stereocenters. The van der Waals surface area contributed by atoms with Crippen LogP contribution in [0.1, 0.15) is 11.1 Å². The number of carbonyl (C=O) groups is 1. The Labute approximate surface area is 154 Å². The van der Waals surface area contributed by atoms with Gasteiger partial charge in [0.05, 0.1) is 7.11 Å². The lowest BCUT2D eigenvalue weighted by molar-refractivity contribution is -0.136. The van der Waals surface area contributed by atoms with Gasteiger partial charge in [-0.2, -0.15) is 0 Å². The zero-order valence-corrected chi connectivity index (χ0v) is 15.1. The fourth-order valence-electron chi connectivity index (χ4n) is 3.03. The number of ether oxygens (including phenoxy) is 2. The molecular weight excluding hydrogens is 326 g/mol. The van der Waals surface area contributed by atoms with Gasteiger partial charge in [-0.25, -0.2) is 0 Å². The van der Waals surface area contributed by atoms with Gasteiger partial charge in [0.25, 0.3) is 0 Å². The van der Waals surface area contributed by atoms with Crippen molar-refractivity contribution in [2.45, 2.75) is 13.1 Å². The average Bonchev–Trinajstić information content (AvgIpc) is 2.68. The van der Waals surface area contributed by atoms with Gasteiger partial charge < -0.3 is 14.4 Å². The Balaban J connectivity index is 1.86. The maximum absolute atomic E-state index is 12.6. The monoisotopic (exact) mass is 349 g/mol. The van der Waals surface area contributed by atoms with Crippen molar-refractivity contribution in [1.82, 2.24) is 4.90 Å². The molecule has 3 aromatic rings. The molecule has 0 heterocycles. The summed E-state index contributed by atoms with van der Waals surface area (Å²) in [6, 6.07) is 22.2. The second kappa shape index (κ2) is 8.50. The number of fused-ring (bicyclic) bond motifs is 1. The fraction of sp³-hybridized carbons (Fsp3) is 0.227. The van der Waals surface area contributed by atoms with E-state index in [-0.39, 0.29) is 12.5 Å². The summed E-state index contributed by atoms with van der Waals surface area (Å²) < 4.78 is 10.3. The van der Waals surface area contributed by atoms with Crippen molar-refractivity contribution in [3.8, 4) is 5.75 Å². The molecule has 3 rings (SSSR count). The molecule has 0 radical (unpaired) electrons. The topological polar surface area (TPSA) is 38.8 Å². The van der Waals surface area contributed by atoms with Crippen molar-refractivity contribution in [2.75, 3.05) is 20.8 Å². The summed E-state index contributed by atoms with van der Waals surface area (Å²) in [5.41, 5.74) is 2.18. The molecule has 0 bridgehead atoms. The minimum Gasteiger partial charge on any atom is -0.497 e. The van der Waals surface area contributed by atoms with Crippen molar-refractivity contribution >= 4 is 16.7 Å². The normalized spacial score (nSPS) is 10.7. The van der Waals surface area contributed by atoms with Crippen molar-refractivity contribution < 1.29 is 14.3 Å². The third kappa shape index (κ3) is 4.21. The SMILES string of the molecule is COCC(=O)N(Cc1ccc(OC)cc1)Cc1cccc2ccccc12. The van der Waals surface area contributed by atoms with Gasteiger partial charge in [0.15, 0.2) is 0 Å². The van der Waals surface area contributed by atoms with Gasteiger partial charge in [-0.15, -0.1) is 0 Å². The Hall–Kier alpha value is -2.85. The molecule has 0 spiro atoms. The summed E-state index contributed by atoms with van der Waals surface area (Å²) >= 11 is 0. The van der Waals surface area contributed by atoms with Crippen LogP contribution in [0.3, 0.4) is 0 Å². The molecule has 4 heteroatoms. The first-order valence-electron chi connectivity index (χ1n) is 8.57. The number of benzene rings is 3. The minimum atomic E-state index is -0.0312. The number of carbonyl (C=O) groups excluding carboxylic acids is 1. The van der Waals surface area contributed by atoms with Crippen LogP contribution >= 0.6 is 0 Å². The molecule has 0 saturated heterocycles. The Morgan fingerprint density at radius 1 is 0.885 bits per heavy atom. The van der Waals surface area contributed by atoms with E-state index in [9.17, 15) is 4.79 Å². The molecule has 0 aliphatic carbocycles. The van der Waals surface area contributed by atoms with E-state index in [2.05, 4.69) is 24.3 Å². The number of hydrogen-bond donors (Lipinski definition) is 0. The molecule has 0 N–H and O–H groups in total. The maximum Gasteiger partial charge on any atom is 0.249 e. The lowest BCUT2D eigenvalue weighted by Crippen LogP contribution is -2.33. The quantitative estimate of drug-likeness (QED) is 0.647. The van der Waals surface area contributed by atoms with E-state index in [1.54, 1.807) is 14.2 Å². The van der Waals surface area contributed by atoms with E-state index in [1.165, 1.54) is 10.8 Å². The second-order valence-corrected chi connectivity index (χ2v) is 6.17. The highest BCUT2D eigenvalue weighted by atomic mass is 16.5. The molecule has 0 saturated carbocycles. The fourth-order valence-corrected chi connectivity index (χ4v) is 3.03. The third-order valence-electron chi connectivity index (χ3n) is 4.39. The Kier molecular flexibility index (Phi) is 5.87. The van der Waals surface area contributed by atoms with Gasteiger partial charge in [0.1, 0.15) is 12.4 Å². The molecule has 3 aromatic carbocycles. The molecule has 0 aliphatic rings. The Morgan fingerprint density at radius 3 is 2.35 bits per heavy atom. The first-order chi connectivity index (χ1) is 12.7. The maximum atomic E-state index is 12.6. The van der Waals surface area contributed by atoms with Gasteiger partial charge in [0, 0.05) is 20.2 Å². The highest BCUT2D eigenvalue weighted by Crippen LogP contribution is 2.21. The summed E-state index contributed by atoms with van der Waals surface area (Å²) in [6.45, 7) is 1.13. The third-order valence-corrected chi connectivity index (χ3v) is 4.39. The van der Waals surface area contributed by atoms with Crippen LogP contribution in [0.4, 0.5) is 0 Å². The van der Waals surface area contributed by atoms with E-state index in [0.717, 1.165) is 16.9 Å². The predicted molar refractivity (Wildman–Crippen MR) is 103 cm³/mol. The van der Waals surface area contributed by atoms with Crippen LogP contribution in [-0.2, 0) is 22.6 Å². The van der Waals surface area contributed by atoms with E-state index in [1.807, 2.05) is 47.4 Å². The Bertz CT molecular complexity index is 869. The van der Waals surface area contributed by atoms with Crippen molar-refractivity contribution in [2.24, 2.45) is 0 Å². The largest absolute Gasteiger partial charge is 0.497 e. The van der Waals surface area contributed by atoms with Crippen LogP contribution in [-0.4, -0.2) is 31.6 Å². The summed E-state index contributed by atoms with van der Waals surface area (Å²) in [5, 5.41) is 2.34. The molecule has 4 nitrogen and oxygen atoms in total. The summed E-state index contributed by atoms with van der Waals surface area (Å²) in [7, 11) is 3.19. The molecule has 26 heavy (non-hydrogen) atoms. The average molecular weight is 349 g/mol. The number of hydrogen-bond acceptors (Lipinski definition) is 3. The van der Waals surface area contributed by atoms with Gasteiger partial charge in [0.2, 0.25) is 5.91 Å². The van der Waals surface area contributed by atoms with Crippen LogP contribution in [0.15, 0.2) is 66.7 Å². The first-order valence-corrected chi connectivity index (χ1v) is 8.57.